The molecule has 0 aliphatic carbocycles. The smallest absolute Gasteiger partial charge is 0.244 e. The van der Waals surface area contributed by atoms with Crippen molar-refractivity contribution in [2.75, 3.05) is 0 Å². The fraction of sp³-hybridized carbons (Fsp3) is 0.0588. The number of thiophene rings is 1. The van der Waals surface area contributed by atoms with Crippen LogP contribution < -0.4 is 5.43 Å². The van der Waals surface area contributed by atoms with E-state index in [1.54, 1.807) is 17.6 Å². The highest BCUT2D eigenvalue weighted by atomic mass is 32.1. The monoisotopic (exact) mass is 294 g/mol. The predicted molar refractivity (Wildman–Crippen MR) is 87.7 cm³/mol. The van der Waals surface area contributed by atoms with Crippen LogP contribution in [0.4, 0.5) is 0 Å². The summed E-state index contributed by atoms with van der Waals surface area (Å²) in [6.45, 7) is 0. The minimum atomic E-state index is -0.113. The molecule has 2 aromatic carbocycles. The molecule has 1 N–H and O–H groups in total. The molecule has 0 unspecified atom stereocenters. The summed E-state index contributed by atoms with van der Waals surface area (Å²) in [5, 5.41) is 10.2. The van der Waals surface area contributed by atoms with Gasteiger partial charge in [-0.15, -0.1) is 0 Å². The highest BCUT2D eigenvalue weighted by molar-refractivity contribution is 7.08. The zero-order valence-corrected chi connectivity index (χ0v) is 12.1. The fourth-order valence-corrected chi connectivity index (χ4v) is 2.80. The van der Waals surface area contributed by atoms with Crippen LogP contribution in [0, 0.1) is 0 Å². The van der Waals surface area contributed by atoms with Gasteiger partial charge in [0.2, 0.25) is 5.91 Å². The van der Waals surface area contributed by atoms with Crippen LogP contribution in [0.25, 0.3) is 10.8 Å². The number of hydrazone groups is 1. The van der Waals surface area contributed by atoms with E-state index in [0.29, 0.717) is 6.42 Å². The van der Waals surface area contributed by atoms with Crippen molar-refractivity contribution < 1.29 is 4.79 Å². The van der Waals surface area contributed by atoms with Crippen molar-refractivity contribution in [2.45, 2.75) is 6.42 Å². The highest BCUT2D eigenvalue weighted by Crippen LogP contribution is 2.18. The Morgan fingerprint density at radius 1 is 1.14 bits per heavy atom. The van der Waals surface area contributed by atoms with Gasteiger partial charge in [0.25, 0.3) is 0 Å². The van der Waals surface area contributed by atoms with Crippen LogP contribution in [0.2, 0.25) is 0 Å². The molecular formula is C17H14N2OS. The lowest BCUT2D eigenvalue weighted by molar-refractivity contribution is -0.120. The van der Waals surface area contributed by atoms with Gasteiger partial charge in [-0.2, -0.15) is 16.4 Å². The summed E-state index contributed by atoms with van der Waals surface area (Å²) in [4.78, 5) is 12.0. The van der Waals surface area contributed by atoms with Gasteiger partial charge in [-0.3, -0.25) is 4.79 Å². The minimum absolute atomic E-state index is 0.113. The van der Waals surface area contributed by atoms with E-state index in [1.165, 1.54) is 0 Å². The number of benzene rings is 2. The van der Waals surface area contributed by atoms with E-state index in [-0.39, 0.29) is 5.91 Å². The SMILES string of the molecule is O=C(Cc1cccc2ccccc12)N/N=C\c1ccsc1. The van der Waals surface area contributed by atoms with Gasteiger partial charge in [-0.1, -0.05) is 42.5 Å². The summed E-state index contributed by atoms with van der Waals surface area (Å²) >= 11 is 1.60. The lowest BCUT2D eigenvalue weighted by Crippen LogP contribution is -2.19. The highest BCUT2D eigenvalue weighted by Gasteiger charge is 2.05. The molecule has 0 radical (unpaired) electrons. The third-order valence-corrected chi connectivity index (χ3v) is 3.88. The Kier molecular flexibility index (Phi) is 4.07. The molecule has 0 saturated heterocycles. The molecular weight excluding hydrogens is 280 g/mol. The fourth-order valence-electron chi connectivity index (χ4n) is 2.19. The topological polar surface area (TPSA) is 41.5 Å². The van der Waals surface area contributed by atoms with Crippen molar-refractivity contribution in [3.8, 4) is 0 Å². The number of carbonyl (C=O) groups is 1. The average Bonchev–Trinajstić information content (AvgIpc) is 3.01. The second kappa shape index (κ2) is 6.33. The molecule has 0 atom stereocenters. The van der Waals surface area contributed by atoms with Crippen LogP contribution in [0.5, 0.6) is 0 Å². The van der Waals surface area contributed by atoms with Crippen molar-refractivity contribution in [3.05, 3.63) is 70.4 Å². The molecule has 1 amide bonds. The Morgan fingerprint density at radius 2 is 2.00 bits per heavy atom. The molecule has 3 nitrogen and oxygen atoms in total. The maximum atomic E-state index is 12.0. The molecule has 3 aromatic rings. The van der Waals surface area contributed by atoms with Gasteiger partial charge < -0.3 is 0 Å². The second-order valence-corrected chi connectivity index (χ2v) is 5.44. The van der Waals surface area contributed by atoms with Gasteiger partial charge in [-0.05, 0) is 33.2 Å². The number of carbonyl (C=O) groups excluding carboxylic acids is 1. The number of nitrogens with zero attached hydrogens (tertiary/aromatic N) is 1. The quantitative estimate of drug-likeness (QED) is 0.580. The van der Waals surface area contributed by atoms with Crippen LogP contribution in [0.15, 0.2) is 64.4 Å². The molecule has 0 fully saturated rings. The van der Waals surface area contributed by atoms with E-state index in [2.05, 4.69) is 10.5 Å². The number of rotatable bonds is 4. The molecule has 1 heterocycles. The first kappa shape index (κ1) is 13.5. The standard InChI is InChI=1S/C17H14N2OS/c20-17(19-18-11-13-8-9-21-12-13)10-15-6-3-5-14-4-1-2-7-16(14)15/h1-9,11-12H,10H2,(H,19,20)/b18-11-. The van der Waals surface area contributed by atoms with Gasteiger partial charge in [0.05, 0.1) is 12.6 Å². The molecule has 21 heavy (non-hydrogen) atoms. The van der Waals surface area contributed by atoms with Gasteiger partial charge >= 0.3 is 0 Å². The maximum Gasteiger partial charge on any atom is 0.244 e. The van der Waals surface area contributed by atoms with Crippen molar-refractivity contribution in [3.63, 3.8) is 0 Å². The molecule has 0 aliphatic rings. The summed E-state index contributed by atoms with van der Waals surface area (Å²) in [5.41, 5.74) is 4.57. The Labute approximate surface area is 126 Å². The van der Waals surface area contributed by atoms with Gasteiger partial charge in [-0.25, -0.2) is 5.43 Å². The number of amides is 1. The largest absolute Gasteiger partial charge is 0.273 e. The molecule has 1 aromatic heterocycles. The van der Waals surface area contributed by atoms with Crippen LogP contribution in [-0.4, -0.2) is 12.1 Å². The second-order valence-electron chi connectivity index (χ2n) is 4.66. The number of fused-ring (bicyclic) bond motifs is 1. The van der Waals surface area contributed by atoms with Crippen molar-refractivity contribution in [1.82, 2.24) is 5.43 Å². The van der Waals surface area contributed by atoms with Crippen LogP contribution >= 0.6 is 11.3 Å². The zero-order valence-electron chi connectivity index (χ0n) is 11.3. The average molecular weight is 294 g/mol. The number of hydrogen-bond acceptors (Lipinski definition) is 3. The third kappa shape index (κ3) is 3.35. The van der Waals surface area contributed by atoms with E-state index >= 15 is 0 Å². The molecule has 3 rings (SSSR count). The summed E-state index contributed by atoms with van der Waals surface area (Å²) in [5.74, 6) is -0.113. The summed E-state index contributed by atoms with van der Waals surface area (Å²) in [6.07, 6.45) is 1.97. The Balaban J connectivity index is 1.69. The summed E-state index contributed by atoms with van der Waals surface area (Å²) in [7, 11) is 0. The number of nitrogens with one attached hydrogen (secondary N) is 1. The summed E-state index contributed by atoms with van der Waals surface area (Å²) in [6, 6.07) is 16.0. The van der Waals surface area contributed by atoms with Crippen LogP contribution in [0.1, 0.15) is 11.1 Å². The van der Waals surface area contributed by atoms with E-state index in [0.717, 1.165) is 21.9 Å². The Bertz CT molecular complexity index is 773. The van der Waals surface area contributed by atoms with Crippen molar-refractivity contribution in [1.29, 1.82) is 0 Å². The van der Waals surface area contributed by atoms with Crippen molar-refractivity contribution in [2.24, 2.45) is 5.10 Å². The molecule has 0 saturated carbocycles. The normalized spacial score (nSPS) is 11.0. The molecule has 4 heteroatoms. The van der Waals surface area contributed by atoms with Gasteiger partial charge in [0, 0.05) is 5.56 Å². The lowest BCUT2D eigenvalue weighted by atomic mass is 10.0. The summed E-state index contributed by atoms with van der Waals surface area (Å²) < 4.78 is 0. The predicted octanol–water partition coefficient (Wildman–Crippen LogP) is 3.59. The molecule has 0 bridgehead atoms. The molecule has 0 spiro atoms. The first-order valence-electron chi connectivity index (χ1n) is 6.64. The van der Waals surface area contributed by atoms with Crippen LogP contribution in [0.3, 0.4) is 0 Å². The van der Waals surface area contributed by atoms with E-state index < -0.39 is 0 Å². The number of hydrogen-bond donors (Lipinski definition) is 1. The maximum absolute atomic E-state index is 12.0. The first-order chi connectivity index (χ1) is 10.3. The van der Waals surface area contributed by atoms with E-state index in [4.69, 9.17) is 0 Å². The zero-order chi connectivity index (χ0) is 14.5. The van der Waals surface area contributed by atoms with E-state index in [9.17, 15) is 4.79 Å². The van der Waals surface area contributed by atoms with Gasteiger partial charge in [0.1, 0.15) is 0 Å². The minimum Gasteiger partial charge on any atom is -0.273 e. The third-order valence-electron chi connectivity index (χ3n) is 3.18. The van der Waals surface area contributed by atoms with Crippen molar-refractivity contribution >= 4 is 34.2 Å². The lowest BCUT2D eigenvalue weighted by Gasteiger charge is -2.05. The van der Waals surface area contributed by atoms with Gasteiger partial charge in [0.15, 0.2) is 0 Å². The van der Waals surface area contributed by atoms with E-state index in [1.807, 2.05) is 59.3 Å². The first-order valence-corrected chi connectivity index (χ1v) is 7.58. The Morgan fingerprint density at radius 3 is 2.86 bits per heavy atom. The molecule has 104 valence electrons. The Hall–Kier alpha value is -2.46. The molecule has 0 aliphatic heterocycles. The van der Waals surface area contributed by atoms with Crippen LogP contribution in [-0.2, 0) is 11.2 Å².